The highest BCUT2D eigenvalue weighted by Gasteiger charge is 2.30. The van der Waals surface area contributed by atoms with Gasteiger partial charge in [-0.1, -0.05) is 30.3 Å². The third-order valence-corrected chi connectivity index (χ3v) is 4.42. The second kappa shape index (κ2) is 7.05. The number of amides is 1. The molecule has 1 aromatic rings. The fraction of sp³-hybridized carbons (Fsp3) is 0.588. The average Bonchev–Trinajstić information content (AvgIpc) is 2.87. The SMILES string of the molecule is O=C1C[C@@H](NC2CCOCC2)CN1CCc1ccccc1. The van der Waals surface area contributed by atoms with Crippen molar-refractivity contribution in [3.63, 3.8) is 0 Å². The zero-order valence-corrected chi connectivity index (χ0v) is 12.5. The molecule has 0 aromatic heterocycles. The van der Waals surface area contributed by atoms with Gasteiger partial charge in [0.05, 0.1) is 0 Å². The zero-order valence-electron chi connectivity index (χ0n) is 12.5. The van der Waals surface area contributed by atoms with Crippen LogP contribution in [0.1, 0.15) is 24.8 Å². The molecule has 0 bridgehead atoms. The highest BCUT2D eigenvalue weighted by Crippen LogP contribution is 2.15. The topological polar surface area (TPSA) is 41.6 Å². The standard InChI is InChI=1S/C17H24N2O2/c20-17-12-16(18-15-7-10-21-11-8-15)13-19(17)9-6-14-4-2-1-3-5-14/h1-5,15-16,18H,6-13H2/t16-/m1/s1. The Morgan fingerprint density at radius 1 is 1.14 bits per heavy atom. The Hall–Kier alpha value is -1.39. The Bertz CT molecular complexity index is 457. The minimum absolute atomic E-state index is 0.287. The second-order valence-electron chi connectivity index (χ2n) is 6.03. The van der Waals surface area contributed by atoms with Gasteiger partial charge in [-0.2, -0.15) is 0 Å². The molecule has 0 spiro atoms. The van der Waals surface area contributed by atoms with Crippen LogP contribution in [0.25, 0.3) is 0 Å². The molecule has 0 unspecified atom stereocenters. The van der Waals surface area contributed by atoms with E-state index >= 15 is 0 Å². The van der Waals surface area contributed by atoms with Crippen molar-refractivity contribution in [2.24, 2.45) is 0 Å². The molecule has 21 heavy (non-hydrogen) atoms. The molecule has 1 aromatic carbocycles. The lowest BCUT2D eigenvalue weighted by molar-refractivity contribution is -0.127. The van der Waals surface area contributed by atoms with E-state index in [-0.39, 0.29) is 5.91 Å². The van der Waals surface area contributed by atoms with Gasteiger partial charge in [0.1, 0.15) is 0 Å². The summed E-state index contributed by atoms with van der Waals surface area (Å²) in [6.07, 6.45) is 3.71. The predicted octanol–water partition coefficient (Wildman–Crippen LogP) is 1.60. The van der Waals surface area contributed by atoms with Gasteiger partial charge in [0.15, 0.2) is 0 Å². The molecule has 1 atom stereocenters. The smallest absolute Gasteiger partial charge is 0.224 e. The molecule has 1 amide bonds. The summed E-state index contributed by atoms with van der Waals surface area (Å²) in [5.74, 6) is 0.287. The van der Waals surface area contributed by atoms with Crippen molar-refractivity contribution in [3.05, 3.63) is 35.9 Å². The number of ether oxygens (including phenoxy) is 1. The maximum absolute atomic E-state index is 12.1. The number of likely N-dealkylation sites (tertiary alicyclic amines) is 1. The molecule has 2 saturated heterocycles. The maximum Gasteiger partial charge on any atom is 0.224 e. The van der Waals surface area contributed by atoms with Crippen LogP contribution in [0.4, 0.5) is 0 Å². The third kappa shape index (κ3) is 4.05. The van der Waals surface area contributed by atoms with E-state index < -0.39 is 0 Å². The molecular formula is C17H24N2O2. The van der Waals surface area contributed by atoms with Crippen LogP contribution in [0, 0.1) is 0 Å². The van der Waals surface area contributed by atoms with Crippen molar-refractivity contribution in [3.8, 4) is 0 Å². The van der Waals surface area contributed by atoms with Crippen LogP contribution in [0.3, 0.4) is 0 Å². The molecule has 4 heteroatoms. The summed E-state index contributed by atoms with van der Waals surface area (Å²) >= 11 is 0. The molecule has 3 rings (SSSR count). The lowest BCUT2D eigenvalue weighted by Crippen LogP contribution is -2.43. The van der Waals surface area contributed by atoms with Gasteiger partial charge in [-0.05, 0) is 24.8 Å². The summed E-state index contributed by atoms with van der Waals surface area (Å²) in [6.45, 7) is 3.37. The van der Waals surface area contributed by atoms with Gasteiger partial charge in [-0.15, -0.1) is 0 Å². The normalized spacial score (nSPS) is 23.7. The van der Waals surface area contributed by atoms with Crippen LogP contribution >= 0.6 is 0 Å². The van der Waals surface area contributed by atoms with E-state index in [1.165, 1.54) is 5.56 Å². The molecule has 2 aliphatic rings. The Morgan fingerprint density at radius 2 is 1.90 bits per heavy atom. The molecule has 0 aliphatic carbocycles. The van der Waals surface area contributed by atoms with Gasteiger partial charge >= 0.3 is 0 Å². The van der Waals surface area contributed by atoms with Gasteiger partial charge in [0.25, 0.3) is 0 Å². The van der Waals surface area contributed by atoms with Crippen molar-refractivity contribution in [2.75, 3.05) is 26.3 Å². The monoisotopic (exact) mass is 288 g/mol. The van der Waals surface area contributed by atoms with Gasteiger partial charge in [-0.25, -0.2) is 0 Å². The number of rotatable bonds is 5. The number of carbonyl (C=O) groups is 1. The van der Waals surface area contributed by atoms with Gasteiger partial charge in [0.2, 0.25) is 5.91 Å². The number of carbonyl (C=O) groups excluding carboxylic acids is 1. The minimum atomic E-state index is 0.287. The first-order valence-electron chi connectivity index (χ1n) is 7.97. The molecule has 2 heterocycles. The number of benzene rings is 1. The zero-order chi connectivity index (χ0) is 14.5. The fourth-order valence-corrected chi connectivity index (χ4v) is 3.21. The van der Waals surface area contributed by atoms with Crippen molar-refractivity contribution in [1.82, 2.24) is 10.2 Å². The number of hydrogen-bond donors (Lipinski definition) is 1. The maximum atomic E-state index is 12.1. The van der Waals surface area contributed by atoms with Crippen LogP contribution in [-0.2, 0) is 16.0 Å². The highest BCUT2D eigenvalue weighted by molar-refractivity contribution is 5.79. The summed E-state index contributed by atoms with van der Waals surface area (Å²) in [7, 11) is 0. The van der Waals surface area contributed by atoms with Crippen LogP contribution < -0.4 is 5.32 Å². The molecule has 2 fully saturated rings. The van der Waals surface area contributed by atoms with Crippen LogP contribution in [0.2, 0.25) is 0 Å². The van der Waals surface area contributed by atoms with Crippen molar-refractivity contribution in [2.45, 2.75) is 37.8 Å². The molecule has 114 valence electrons. The lowest BCUT2D eigenvalue weighted by Gasteiger charge is -2.26. The summed E-state index contributed by atoms with van der Waals surface area (Å²) in [5, 5.41) is 3.63. The number of nitrogens with one attached hydrogen (secondary N) is 1. The summed E-state index contributed by atoms with van der Waals surface area (Å²) in [6, 6.07) is 11.2. The summed E-state index contributed by atoms with van der Waals surface area (Å²) in [5.41, 5.74) is 1.30. The Labute approximate surface area is 126 Å². The third-order valence-electron chi connectivity index (χ3n) is 4.42. The predicted molar refractivity (Wildman–Crippen MR) is 82.1 cm³/mol. The van der Waals surface area contributed by atoms with Gasteiger partial charge in [-0.3, -0.25) is 4.79 Å². The number of hydrogen-bond acceptors (Lipinski definition) is 3. The highest BCUT2D eigenvalue weighted by atomic mass is 16.5. The quantitative estimate of drug-likeness (QED) is 0.895. The molecule has 0 radical (unpaired) electrons. The second-order valence-corrected chi connectivity index (χ2v) is 6.03. The van der Waals surface area contributed by atoms with Crippen molar-refractivity contribution in [1.29, 1.82) is 0 Å². The molecule has 4 nitrogen and oxygen atoms in total. The molecular weight excluding hydrogens is 264 g/mol. The van der Waals surface area contributed by atoms with E-state index in [2.05, 4.69) is 29.6 Å². The van der Waals surface area contributed by atoms with Crippen LogP contribution in [0.5, 0.6) is 0 Å². The van der Waals surface area contributed by atoms with E-state index in [0.717, 1.165) is 45.6 Å². The first-order valence-corrected chi connectivity index (χ1v) is 7.97. The summed E-state index contributed by atoms with van der Waals surface area (Å²) in [4.78, 5) is 14.1. The van der Waals surface area contributed by atoms with Crippen molar-refractivity contribution >= 4 is 5.91 Å². The van der Waals surface area contributed by atoms with Gasteiger partial charge < -0.3 is 15.0 Å². The van der Waals surface area contributed by atoms with E-state index in [1.54, 1.807) is 0 Å². The van der Waals surface area contributed by atoms with Crippen LogP contribution in [0.15, 0.2) is 30.3 Å². The number of nitrogens with zero attached hydrogens (tertiary/aromatic N) is 1. The average molecular weight is 288 g/mol. The van der Waals surface area contributed by atoms with E-state index in [1.807, 2.05) is 11.0 Å². The molecule has 1 N–H and O–H groups in total. The Morgan fingerprint density at radius 3 is 2.67 bits per heavy atom. The fourth-order valence-electron chi connectivity index (χ4n) is 3.21. The Kier molecular flexibility index (Phi) is 4.88. The van der Waals surface area contributed by atoms with Crippen LogP contribution in [-0.4, -0.2) is 49.2 Å². The van der Waals surface area contributed by atoms with E-state index in [0.29, 0.717) is 18.5 Å². The lowest BCUT2D eigenvalue weighted by atomic mass is 10.1. The van der Waals surface area contributed by atoms with Gasteiger partial charge in [0, 0.05) is 44.8 Å². The van der Waals surface area contributed by atoms with E-state index in [4.69, 9.17) is 4.74 Å². The largest absolute Gasteiger partial charge is 0.381 e. The molecule has 2 aliphatic heterocycles. The van der Waals surface area contributed by atoms with Crippen molar-refractivity contribution < 1.29 is 9.53 Å². The molecule has 0 saturated carbocycles. The first-order chi connectivity index (χ1) is 10.3. The van der Waals surface area contributed by atoms with E-state index in [9.17, 15) is 4.79 Å². The minimum Gasteiger partial charge on any atom is -0.381 e. The first kappa shape index (κ1) is 14.5. The summed E-state index contributed by atoms with van der Waals surface area (Å²) < 4.78 is 5.38. The Balaban J connectivity index is 1.45.